The molecule has 0 aromatic heterocycles. The van der Waals surface area contributed by atoms with Gasteiger partial charge in [-0.25, -0.2) is 4.39 Å². The largest absolute Gasteiger partial charge is 0.432 e. The summed E-state index contributed by atoms with van der Waals surface area (Å²) < 4.78 is 43.5. The third kappa shape index (κ3) is 2.35. The fourth-order valence-electron chi connectivity index (χ4n) is 0.226. The molecule has 0 saturated heterocycles. The van der Waals surface area contributed by atoms with Crippen LogP contribution in [0.25, 0.3) is 0 Å². The van der Waals surface area contributed by atoms with E-state index in [0.717, 1.165) is 22.6 Å². The summed E-state index contributed by atoms with van der Waals surface area (Å²) in [5.41, 5.74) is 0. The summed E-state index contributed by atoms with van der Waals surface area (Å²) in [6.07, 6.45) is -4.77. The van der Waals surface area contributed by atoms with Crippen LogP contribution in [-0.4, -0.2) is 13.8 Å². The van der Waals surface area contributed by atoms with Crippen molar-refractivity contribution in [3.05, 3.63) is 0 Å². The number of rotatable bonds is 1. The van der Waals surface area contributed by atoms with Crippen LogP contribution >= 0.6 is 45.2 Å². The predicted octanol–water partition coefficient (Wildman–Crippen LogP) is 3.47. The van der Waals surface area contributed by atoms with Crippen molar-refractivity contribution in [2.45, 2.75) is 20.7 Å². The number of hydrogen-bond acceptors (Lipinski definition) is 0. The van der Waals surface area contributed by atoms with E-state index in [0.29, 0.717) is 0 Å². The van der Waals surface area contributed by atoms with Crippen molar-refractivity contribution in [1.82, 2.24) is 0 Å². The molecule has 62 valence electrons. The van der Waals surface area contributed by atoms with Gasteiger partial charge in [-0.15, -0.1) is 0 Å². The lowest BCUT2D eigenvalue weighted by Gasteiger charge is -2.23. The Kier molecular flexibility index (Phi) is 3.66. The van der Waals surface area contributed by atoms with Crippen LogP contribution in [0.2, 0.25) is 0 Å². The Morgan fingerprint density at radius 3 is 1.50 bits per heavy atom. The van der Waals surface area contributed by atoms with Crippen molar-refractivity contribution in [3.63, 3.8) is 0 Å². The fourth-order valence-corrected chi connectivity index (χ4v) is 0.579. The predicted molar refractivity (Wildman–Crippen MR) is 47.4 cm³/mol. The number of hydrogen-bond donors (Lipinski definition) is 0. The lowest BCUT2D eigenvalue weighted by atomic mass is 10.3. The number of alkyl halides is 6. The van der Waals surface area contributed by atoms with Crippen LogP contribution < -0.4 is 0 Å². The minimum Gasteiger partial charge on any atom is -0.221 e. The van der Waals surface area contributed by atoms with E-state index in [1.54, 1.807) is 0 Å². The Morgan fingerprint density at radius 2 is 1.50 bits per heavy atom. The van der Waals surface area contributed by atoms with Crippen molar-refractivity contribution in [3.8, 4) is 0 Å². The molecule has 0 saturated carbocycles. The van der Waals surface area contributed by atoms with E-state index >= 15 is 0 Å². The van der Waals surface area contributed by atoms with Gasteiger partial charge in [-0.2, -0.15) is 13.2 Å². The molecule has 0 N–H and O–H groups in total. The van der Waals surface area contributed by atoms with Crippen molar-refractivity contribution < 1.29 is 17.6 Å². The summed E-state index contributed by atoms with van der Waals surface area (Å²) in [5.74, 6) is 0. The molecule has 0 fully saturated rings. The molecular formula is C4H4F4I2. The summed E-state index contributed by atoms with van der Waals surface area (Å²) in [6, 6.07) is 0. The maximum absolute atomic E-state index is 12.6. The van der Waals surface area contributed by atoms with Gasteiger partial charge in [0.25, 0.3) is 3.68 Å². The van der Waals surface area contributed by atoms with E-state index in [1.807, 2.05) is 0 Å². The molecule has 0 aliphatic heterocycles. The van der Waals surface area contributed by atoms with E-state index < -0.39 is 13.8 Å². The fraction of sp³-hybridized carbons (Fsp3) is 1.00. The van der Waals surface area contributed by atoms with Gasteiger partial charge in [-0.3, -0.25) is 0 Å². The quantitative estimate of drug-likeness (QED) is 0.370. The van der Waals surface area contributed by atoms with Crippen LogP contribution in [0, 0.1) is 0 Å². The summed E-state index contributed by atoms with van der Waals surface area (Å²) in [7, 11) is 0. The molecular weight excluding hydrogens is 378 g/mol. The summed E-state index contributed by atoms with van der Waals surface area (Å²) >= 11 is 2.18. The molecule has 0 aliphatic carbocycles. The summed E-state index contributed by atoms with van der Waals surface area (Å²) in [5, 5.41) is 0. The van der Waals surface area contributed by atoms with Gasteiger partial charge in [0.05, 0.1) is 3.92 Å². The van der Waals surface area contributed by atoms with Gasteiger partial charge >= 0.3 is 6.18 Å². The van der Waals surface area contributed by atoms with Gasteiger partial charge in [0, 0.05) is 0 Å². The Hall–Kier alpha value is 1.18. The van der Waals surface area contributed by atoms with E-state index in [9.17, 15) is 17.6 Å². The summed E-state index contributed by atoms with van der Waals surface area (Å²) in [6.45, 7) is 1.18. The molecule has 0 spiro atoms. The Bertz CT molecular complexity index is 117. The average molecular weight is 382 g/mol. The molecule has 2 atom stereocenters. The Labute approximate surface area is 83.0 Å². The summed E-state index contributed by atoms with van der Waals surface area (Å²) in [4.78, 5) is 0. The van der Waals surface area contributed by atoms with Crippen LogP contribution in [0.15, 0.2) is 0 Å². The van der Waals surface area contributed by atoms with E-state index in [2.05, 4.69) is 0 Å². The Morgan fingerprint density at radius 1 is 1.20 bits per heavy atom. The van der Waals surface area contributed by atoms with Crippen LogP contribution in [0.4, 0.5) is 17.6 Å². The highest BCUT2D eigenvalue weighted by Crippen LogP contribution is 2.44. The molecule has 0 radical (unpaired) electrons. The lowest BCUT2D eigenvalue weighted by Crippen LogP contribution is -2.40. The first-order valence-corrected chi connectivity index (χ1v) is 4.60. The van der Waals surface area contributed by atoms with E-state index in [4.69, 9.17) is 0 Å². The van der Waals surface area contributed by atoms with Gasteiger partial charge in [0.2, 0.25) is 0 Å². The number of halogens is 6. The molecule has 0 aliphatic rings. The third-order valence-electron chi connectivity index (χ3n) is 0.878. The minimum atomic E-state index is -4.77. The minimum absolute atomic E-state index is 0.773. The van der Waals surface area contributed by atoms with Crippen molar-refractivity contribution in [2.75, 3.05) is 0 Å². The molecule has 0 heterocycles. The zero-order valence-electron chi connectivity index (χ0n) is 4.85. The van der Waals surface area contributed by atoms with Crippen LogP contribution in [-0.2, 0) is 0 Å². The zero-order chi connectivity index (χ0) is 8.58. The van der Waals surface area contributed by atoms with Gasteiger partial charge in [-0.1, -0.05) is 22.6 Å². The standard InChI is InChI=1S/C4H4F4I2/c1-2(9)3(5,10)4(6,7)8/h2H,1H3. The monoisotopic (exact) mass is 382 g/mol. The Balaban J connectivity index is 4.40. The highest BCUT2D eigenvalue weighted by molar-refractivity contribution is 14.1. The van der Waals surface area contributed by atoms with Crippen LogP contribution in [0.1, 0.15) is 6.92 Å². The molecule has 0 aromatic carbocycles. The molecule has 6 heteroatoms. The van der Waals surface area contributed by atoms with Crippen LogP contribution in [0.3, 0.4) is 0 Å². The second kappa shape index (κ2) is 3.28. The highest BCUT2D eigenvalue weighted by atomic mass is 127. The molecule has 0 amide bonds. The first-order valence-electron chi connectivity index (χ1n) is 2.28. The second-order valence-corrected chi connectivity index (χ2v) is 5.18. The molecule has 2 unspecified atom stereocenters. The average Bonchev–Trinajstić information content (AvgIpc) is 1.62. The molecule has 0 rings (SSSR count). The van der Waals surface area contributed by atoms with E-state index in [1.165, 1.54) is 29.5 Å². The third-order valence-corrected chi connectivity index (χ3v) is 4.47. The first kappa shape index (κ1) is 11.2. The van der Waals surface area contributed by atoms with Gasteiger partial charge in [-0.05, 0) is 29.5 Å². The maximum Gasteiger partial charge on any atom is 0.432 e. The topological polar surface area (TPSA) is 0 Å². The van der Waals surface area contributed by atoms with Crippen molar-refractivity contribution in [1.29, 1.82) is 0 Å². The maximum atomic E-state index is 12.6. The van der Waals surface area contributed by atoms with E-state index in [-0.39, 0.29) is 0 Å². The lowest BCUT2D eigenvalue weighted by molar-refractivity contribution is -0.185. The van der Waals surface area contributed by atoms with Gasteiger partial charge in [0.1, 0.15) is 0 Å². The van der Waals surface area contributed by atoms with Gasteiger partial charge in [0.15, 0.2) is 0 Å². The van der Waals surface area contributed by atoms with Gasteiger partial charge < -0.3 is 0 Å². The normalized spacial score (nSPS) is 21.9. The smallest absolute Gasteiger partial charge is 0.221 e. The van der Waals surface area contributed by atoms with Crippen molar-refractivity contribution in [2.24, 2.45) is 0 Å². The molecule has 10 heavy (non-hydrogen) atoms. The first-order chi connectivity index (χ1) is 4.19. The van der Waals surface area contributed by atoms with Crippen molar-refractivity contribution >= 4 is 45.2 Å². The second-order valence-electron chi connectivity index (χ2n) is 1.74. The highest BCUT2D eigenvalue weighted by Gasteiger charge is 2.56. The zero-order valence-corrected chi connectivity index (χ0v) is 9.16. The molecule has 0 nitrogen and oxygen atoms in total. The molecule has 0 bridgehead atoms. The SMILES string of the molecule is CC(I)C(F)(I)C(F)(F)F. The molecule has 0 aromatic rings. The van der Waals surface area contributed by atoms with Crippen LogP contribution in [0.5, 0.6) is 0 Å².